The van der Waals surface area contributed by atoms with Crippen LogP contribution in [0.1, 0.15) is 13.3 Å². The van der Waals surface area contributed by atoms with E-state index in [-0.39, 0.29) is 6.04 Å². The van der Waals surface area contributed by atoms with Crippen LogP contribution < -0.4 is 11.1 Å². The van der Waals surface area contributed by atoms with Crippen molar-refractivity contribution in [1.82, 2.24) is 0 Å². The fourth-order valence-corrected chi connectivity index (χ4v) is 1.63. The van der Waals surface area contributed by atoms with E-state index >= 15 is 0 Å². The minimum atomic E-state index is 0.206. The molecule has 0 fully saturated rings. The summed E-state index contributed by atoms with van der Waals surface area (Å²) in [5.74, 6) is 0. The van der Waals surface area contributed by atoms with Gasteiger partial charge in [0.05, 0.1) is 0 Å². The Hall–Kier alpha value is -0.440. The van der Waals surface area contributed by atoms with Crippen molar-refractivity contribution in [3.63, 3.8) is 0 Å². The molecule has 4 heteroatoms. The summed E-state index contributed by atoms with van der Waals surface area (Å²) >= 11 is 11.7. The summed E-state index contributed by atoms with van der Waals surface area (Å²) < 4.78 is 0. The van der Waals surface area contributed by atoms with Crippen LogP contribution in [0.5, 0.6) is 0 Å². The normalized spacial score (nSPS) is 12.6. The van der Waals surface area contributed by atoms with Crippen molar-refractivity contribution in [3.05, 3.63) is 28.2 Å². The quantitative estimate of drug-likeness (QED) is 0.838. The molecule has 0 heterocycles. The molecule has 2 nitrogen and oxygen atoms in total. The van der Waals surface area contributed by atoms with Gasteiger partial charge in [-0.2, -0.15) is 0 Å². The van der Waals surface area contributed by atoms with E-state index in [0.717, 1.165) is 18.7 Å². The van der Waals surface area contributed by atoms with Crippen LogP contribution in [0.2, 0.25) is 10.0 Å². The minimum Gasteiger partial charge on any atom is -0.385 e. The van der Waals surface area contributed by atoms with E-state index < -0.39 is 0 Å². The number of nitrogens with two attached hydrogens (primary N) is 1. The average Bonchev–Trinajstić information content (AvgIpc) is 2.01. The van der Waals surface area contributed by atoms with Crippen LogP contribution in [0, 0.1) is 0 Å². The van der Waals surface area contributed by atoms with Gasteiger partial charge in [0, 0.05) is 28.3 Å². The van der Waals surface area contributed by atoms with Crippen LogP contribution in [0.4, 0.5) is 5.69 Å². The van der Waals surface area contributed by atoms with Gasteiger partial charge in [-0.1, -0.05) is 23.2 Å². The first-order valence-electron chi connectivity index (χ1n) is 4.53. The maximum atomic E-state index is 5.84. The molecule has 78 valence electrons. The van der Waals surface area contributed by atoms with E-state index in [2.05, 4.69) is 5.32 Å². The first-order chi connectivity index (χ1) is 6.58. The summed E-state index contributed by atoms with van der Waals surface area (Å²) in [6.07, 6.45) is 0.921. The van der Waals surface area contributed by atoms with Crippen LogP contribution in [-0.4, -0.2) is 12.6 Å². The highest BCUT2D eigenvalue weighted by Gasteiger charge is 1.98. The molecule has 1 aromatic carbocycles. The molecule has 1 unspecified atom stereocenters. The fourth-order valence-electron chi connectivity index (χ4n) is 1.10. The van der Waals surface area contributed by atoms with Gasteiger partial charge in [0.15, 0.2) is 0 Å². The summed E-state index contributed by atoms with van der Waals surface area (Å²) in [7, 11) is 0. The van der Waals surface area contributed by atoms with Crippen molar-refractivity contribution >= 4 is 28.9 Å². The molecule has 1 aromatic rings. The highest BCUT2D eigenvalue weighted by Crippen LogP contribution is 2.22. The van der Waals surface area contributed by atoms with E-state index in [0.29, 0.717) is 10.0 Å². The second-order valence-corrected chi connectivity index (χ2v) is 4.22. The largest absolute Gasteiger partial charge is 0.385 e. The van der Waals surface area contributed by atoms with Crippen molar-refractivity contribution in [2.45, 2.75) is 19.4 Å². The lowest BCUT2D eigenvalue weighted by atomic mass is 10.2. The standard InChI is InChI=1S/C10H14Cl2N2/c1-7(13)2-3-14-10-5-8(11)4-9(12)6-10/h4-7,14H,2-3,13H2,1H3. The Morgan fingerprint density at radius 2 is 1.86 bits per heavy atom. The van der Waals surface area contributed by atoms with Crippen molar-refractivity contribution < 1.29 is 0 Å². The number of rotatable bonds is 4. The lowest BCUT2D eigenvalue weighted by Crippen LogP contribution is -2.19. The number of hydrogen-bond donors (Lipinski definition) is 2. The molecule has 0 aliphatic heterocycles. The highest BCUT2D eigenvalue weighted by atomic mass is 35.5. The van der Waals surface area contributed by atoms with Crippen molar-refractivity contribution in [2.75, 3.05) is 11.9 Å². The minimum absolute atomic E-state index is 0.206. The monoisotopic (exact) mass is 232 g/mol. The van der Waals surface area contributed by atoms with E-state index in [9.17, 15) is 0 Å². The van der Waals surface area contributed by atoms with Crippen molar-refractivity contribution in [3.8, 4) is 0 Å². The number of anilines is 1. The Morgan fingerprint density at radius 1 is 1.29 bits per heavy atom. The Balaban J connectivity index is 2.50. The Morgan fingerprint density at radius 3 is 2.36 bits per heavy atom. The lowest BCUT2D eigenvalue weighted by molar-refractivity contribution is 0.690. The topological polar surface area (TPSA) is 38.0 Å². The molecule has 14 heavy (non-hydrogen) atoms. The first-order valence-corrected chi connectivity index (χ1v) is 5.29. The number of nitrogens with one attached hydrogen (secondary N) is 1. The predicted molar refractivity (Wildman–Crippen MR) is 63.2 cm³/mol. The van der Waals surface area contributed by atoms with E-state index in [1.165, 1.54) is 0 Å². The summed E-state index contributed by atoms with van der Waals surface area (Å²) in [6, 6.07) is 5.60. The third-order valence-corrected chi connectivity index (χ3v) is 2.23. The molecule has 0 saturated heterocycles. The first kappa shape index (κ1) is 11.6. The van der Waals surface area contributed by atoms with Gasteiger partial charge in [-0.25, -0.2) is 0 Å². The SMILES string of the molecule is CC(N)CCNc1cc(Cl)cc(Cl)c1. The predicted octanol–water partition coefficient (Wildman–Crippen LogP) is 3.14. The Kier molecular flexibility index (Phi) is 4.52. The van der Waals surface area contributed by atoms with Crippen molar-refractivity contribution in [2.24, 2.45) is 5.73 Å². The van der Waals surface area contributed by atoms with Crippen LogP contribution in [0.25, 0.3) is 0 Å². The van der Waals surface area contributed by atoms with E-state index in [4.69, 9.17) is 28.9 Å². The second-order valence-electron chi connectivity index (χ2n) is 3.35. The molecule has 0 amide bonds. The summed E-state index contributed by atoms with van der Waals surface area (Å²) in [4.78, 5) is 0. The molecule has 0 spiro atoms. The lowest BCUT2D eigenvalue weighted by Gasteiger charge is -2.08. The number of halogens is 2. The molecule has 0 aliphatic carbocycles. The summed E-state index contributed by atoms with van der Waals surface area (Å²) in [5, 5.41) is 4.49. The van der Waals surface area contributed by atoms with Crippen LogP contribution >= 0.6 is 23.2 Å². The van der Waals surface area contributed by atoms with Gasteiger partial charge in [0.1, 0.15) is 0 Å². The van der Waals surface area contributed by atoms with Gasteiger partial charge in [0.25, 0.3) is 0 Å². The van der Waals surface area contributed by atoms with E-state index in [1.807, 2.05) is 19.1 Å². The average molecular weight is 233 g/mol. The molecule has 0 aromatic heterocycles. The smallest absolute Gasteiger partial charge is 0.0441 e. The zero-order valence-corrected chi connectivity index (χ0v) is 9.57. The van der Waals surface area contributed by atoms with Gasteiger partial charge in [0.2, 0.25) is 0 Å². The molecule has 0 saturated carbocycles. The van der Waals surface area contributed by atoms with Gasteiger partial charge in [-0.15, -0.1) is 0 Å². The number of hydrogen-bond acceptors (Lipinski definition) is 2. The van der Waals surface area contributed by atoms with Gasteiger partial charge < -0.3 is 11.1 Å². The molecule has 0 bridgehead atoms. The zero-order valence-electron chi connectivity index (χ0n) is 8.06. The molecule has 0 radical (unpaired) electrons. The third kappa shape index (κ3) is 4.18. The Labute approximate surface area is 94.4 Å². The van der Waals surface area contributed by atoms with Gasteiger partial charge >= 0.3 is 0 Å². The summed E-state index contributed by atoms with van der Waals surface area (Å²) in [5.41, 5.74) is 6.56. The fraction of sp³-hybridized carbons (Fsp3) is 0.400. The molecular formula is C10H14Cl2N2. The highest BCUT2D eigenvalue weighted by molar-refractivity contribution is 6.35. The maximum absolute atomic E-state index is 5.84. The molecular weight excluding hydrogens is 219 g/mol. The van der Waals surface area contributed by atoms with Crippen LogP contribution in [0.15, 0.2) is 18.2 Å². The van der Waals surface area contributed by atoms with Gasteiger partial charge in [-0.05, 0) is 31.5 Å². The van der Waals surface area contributed by atoms with Gasteiger partial charge in [-0.3, -0.25) is 0 Å². The molecule has 3 N–H and O–H groups in total. The second kappa shape index (κ2) is 5.44. The zero-order chi connectivity index (χ0) is 10.6. The number of benzene rings is 1. The maximum Gasteiger partial charge on any atom is 0.0441 e. The van der Waals surface area contributed by atoms with Crippen molar-refractivity contribution in [1.29, 1.82) is 0 Å². The van der Waals surface area contributed by atoms with Crippen LogP contribution in [0.3, 0.4) is 0 Å². The Bertz CT molecular complexity index is 280. The molecule has 1 atom stereocenters. The molecule has 1 rings (SSSR count). The molecule has 0 aliphatic rings. The van der Waals surface area contributed by atoms with Crippen LogP contribution in [-0.2, 0) is 0 Å². The summed E-state index contributed by atoms with van der Waals surface area (Å²) in [6.45, 7) is 2.81. The van der Waals surface area contributed by atoms with E-state index in [1.54, 1.807) is 6.07 Å². The third-order valence-electron chi connectivity index (χ3n) is 1.79.